The summed E-state index contributed by atoms with van der Waals surface area (Å²) in [7, 11) is 0. The van der Waals surface area contributed by atoms with E-state index in [1.54, 1.807) is 33.8 Å². The number of ether oxygens (including phenoxy) is 3. The van der Waals surface area contributed by atoms with Crippen LogP contribution < -0.4 is 0 Å². The number of carbonyl (C=O) groups is 1. The summed E-state index contributed by atoms with van der Waals surface area (Å²) in [5.74, 6) is -1.63. The first-order chi connectivity index (χ1) is 25.1. The van der Waals surface area contributed by atoms with Crippen LogP contribution in [-0.2, 0) is 19.0 Å². The zero-order valence-electron chi connectivity index (χ0n) is 33.7. The summed E-state index contributed by atoms with van der Waals surface area (Å²) in [6.45, 7) is 16.4. The van der Waals surface area contributed by atoms with Crippen molar-refractivity contribution in [1.29, 1.82) is 0 Å². The molecule has 1 saturated heterocycles. The van der Waals surface area contributed by atoms with E-state index in [1.807, 2.05) is 19.9 Å². The topological polar surface area (TPSA) is 247 Å². The molecule has 1 fully saturated rings. The third kappa shape index (κ3) is 14.8. The highest BCUT2D eigenvalue weighted by Crippen LogP contribution is 2.30. The smallest absolute Gasteiger partial charge is 0.333 e. The van der Waals surface area contributed by atoms with Crippen LogP contribution in [0.5, 0.6) is 0 Å². The maximum atomic E-state index is 12.6. The zero-order valence-corrected chi connectivity index (χ0v) is 33.7. The maximum absolute atomic E-state index is 12.6. The maximum Gasteiger partial charge on any atom is 0.333 e. The lowest BCUT2D eigenvalue weighted by Crippen LogP contribution is -2.60. The third-order valence-electron chi connectivity index (χ3n) is 10.3. The first-order valence-electron chi connectivity index (χ1n) is 19.0. The van der Waals surface area contributed by atoms with Crippen molar-refractivity contribution < 1.29 is 70.1 Å². The van der Waals surface area contributed by atoms with Crippen molar-refractivity contribution in [2.24, 2.45) is 29.6 Å². The van der Waals surface area contributed by atoms with Gasteiger partial charge in [0.15, 0.2) is 12.4 Å². The van der Waals surface area contributed by atoms with Gasteiger partial charge in [0, 0.05) is 23.3 Å². The fourth-order valence-corrected chi connectivity index (χ4v) is 6.77. The Bertz CT molecular complexity index is 1250. The van der Waals surface area contributed by atoms with Gasteiger partial charge in [-0.3, -0.25) is 0 Å². The van der Waals surface area contributed by atoms with Gasteiger partial charge >= 0.3 is 5.97 Å². The first kappa shape index (κ1) is 50.0. The third-order valence-corrected chi connectivity index (χ3v) is 10.3. The number of aliphatic hydroxyl groups is 10. The van der Waals surface area contributed by atoms with Crippen LogP contribution in [0.2, 0.25) is 0 Å². The molecule has 314 valence electrons. The SMILES string of the molecule is CC[C@H](C)C[C@@H](C)C=C(C)[C@H](O[C@@H]1O[C@H](CO)[C@@H](O)[C@H](O)[C@@H]1O)[C@@H](C)C=C(C)[C@H](O)[C@@H](C)C=C(C)[C@H](O)[C@@H](C)C=C(C)C(=O)O[C@H](CO)[C@H](O)[C@H](O)CO. The van der Waals surface area contributed by atoms with E-state index in [2.05, 4.69) is 26.8 Å². The summed E-state index contributed by atoms with van der Waals surface area (Å²) < 4.78 is 17.1. The second kappa shape index (κ2) is 23.9. The monoisotopic (exact) mass is 774 g/mol. The molecule has 1 aliphatic heterocycles. The fraction of sp³-hybridized carbons (Fsp3) is 0.775. The van der Waals surface area contributed by atoms with Crippen LogP contribution in [0.4, 0.5) is 0 Å². The molecule has 0 aromatic heterocycles. The molecule has 54 heavy (non-hydrogen) atoms. The van der Waals surface area contributed by atoms with E-state index in [1.165, 1.54) is 13.0 Å². The first-order valence-corrected chi connectivity index (χ1v) is 19.0. The standard InChI is InChI=1S/C40H70O14/c1-11-20(2)12-21(3)13-26(8)38(54-40-37(50)36(49)35(48)31(19-43)53-40)27(9)15-24(6)32(45)22(4)14-23(5)33(46)25(7)16-28(10)39(51)52-30(18-42)34(47)29(44)17-41/h13-16,20-22,25,27,29-38,40-50H,11-12,17-19H2,1-10H3/t20-,21+,22-,25-,27-,29+,30+,31+,32+,33-,34+,35+,36-,37-,38-,40-/m0/s1. The highest BCUT2D eigenvalue weighted by molar-refractivity contribution is 5.88. The lowest BCUT2D eigenvalue weighted by atomic mass is 9.87. The molecular weight excluding hydrogens is 704 g/mol. The average Bonchev–Trinajstić information content (AvgIpc) is 3.13. The van der Waals surface area contributed by atoms with Crippen LogP contribution in [-0.4, -0.2) is 144 Å². The van der Waals surface area contributed by atoms with Gasteiger partial charge in [0.2, 0.25) is 0 Å². The predicted molar refractivity (Wildman–Crippen MR) is 202 cm³/mol. The van der Waals surface area contributed by atoms with Crippen molar-refractivity contribution in [3.8, 4) is 0 Å². The lowest BCUT2D eigenvalue weighted by molar-refractivity contribution is -0.310. The summed E-state index contributed by atoms with van der Waals surface area (Å²) in [6, 6.07) is 0. The highest BCUT2D eigenvalue weighted by Gasteiger charge is 2.45. The molecule has 14 heteroatoms. The summed E-state index contributed by atoms with van der Waals surface area (Å²) in [4.78, 5) is 12.6. The van der Waals surface area contributed by atoms with Gasteiger partial charge in [0.25, 0.3) is 0 Å². The van der Waals surface area contributed by atoms with Crippen molar-refractivity contribution in [2.75, 3.05) is 19.8 Å². The van der Waals surface area contributed by atoms with Crippen molar-refractivity contribution in [1.82, 2.24) is 0 Å². The normalized spacial score (nSPS) is 28.3. The summed E-state index contributed by atoms with van der Waals surface area (Å²) >= 11 is 0. The van der Waals surface area contributed by atoms with E-state index in [0.29, 0.717) is 17.1 Å². The highest BCUT2D eigenvalue weighted by atomic mass is 16.7. The van der Waals surface area contributed by atoms with E-state index in [-0.39, 0.29) is 17.4 Å². The molecule has 1 aliphatic rings. The number of aliphatic hydroxyl groups excluding tert-OH is 10. The van der Waals surface area contributed by atoms with E-state index in [4.69, 9.17) is 19.3 Å². The number of hydrogen-bond donors (Lipinski definition) is 10. The Morgan fingerprint density at radius 1 is 0.722 bits per heavy atom. The number of allylic oxidation sites excluding steroid dienone is 1. The quantitative estimate of drug-likeness (QED) is 0.0423. The van der Waals surface area contributed by atoms with Gasteiger partial charge in [-0.05, 0) is 62.7 Å². The van der Waals surface area contributed by atoms with Crippen LogP contribution in [0.15, 0.2) is 46.6 Å². The van der Waals surface area contributed by atoms with E-state index >= 15 is 0 Å². The van der Waals surface area contributed by atoms with Crippen molar-refractivity contribution in [2.45, 2.75) is 149 Å². The molecule has 14 nitrogen and oxygen atoms in total. The van der Waals surface area contributed by atoms with Gasteiger partial charge in [-0.1, -0.05) is 72.3 Å². The van der Waals surface area contributed by atoms with Crippen LogP contribution in [0.25, 0.3) is 0 Å². The second-order valence-electron chi connectivity index (χ2n) is 15.4. The molecule has 1 heterocycles. The van der Waals surface area contributed by atoms with E-state index in [0.717, 1.165) is 18.4 Å². The lowest BCUT2D eigenvalue weighted by Gasteiger charge is -2.41. The molecule has 1 rings (SSSR count). The summed E-state index contributed by atoms with van der Waals surface area (Å²) in [5, 5.41) is 102. The van der Waals surface area contributed by atoms with Gasteiger partial charge in [-0.25, -0.2) is 4.79 Å². The van der Waals surface area contributed by atoms with Gasteiger partial charge < -0.3 is 65.3 Å². The summed E-state index contributed by atoms with van der Waals surface area (Å²) in [5.41, 5.74) is 2.06. The van der Waals surface area contributed by atoms with Crippen LogP contribution >= 0.6 is 0 Å². The molecule has 0 aliphatic carbocycles. The van der Waals surface area contributed by atoms with E-state index < -0.39 is 105 Å². The zero-order chi connectivity index (χ0) is 41.6. The average molecular weight is 775 g/mol. The largest absolute Gasteiger partial charge is 0.454 e. The number of rotatable bonds is 22. The molecule has 0 unspecified atom stereocenters. The van der Waals surface area contributed by atoms with Gasteiger partial charge in [-0.2, -0.15) is 0 Å². The van der Waals surface area contributed by atoms with Crippen LogP contribution in [0.3, 0.4) is 0 Å². The number of carbonyl (C=O) groups excluding carboxylic acids is 1. The van der Waals surface area contributed by atoms with Crippen LogP contribution in [0, 0.1) is 29.6 Å². The second-order valence-corrected chi connectivity index (χ2v) is 15.4. The van der Waals surface area contributed by atoms with Gasteiger partial charge in [0.1, 0.15) is 36.6 Å². The van der Waals surface area contributed by atoms with Crippen molar-refractivity contribution >= 4 is 5.97 Å². The van der Waals surface area contributed by atoms with E-state index in [9.17, 15) is 50.8 Å². The molecule has 0 aromatic carbocycles. The Morgan fingerprint density at radius 2 is 1.26 bits per heavy atom. The molecule has 0 saturated carbocycles. The van der Waals surface area contributed by atoms with Gasteiger partial charge in [0.05, 0.1) is 38.1 Å². The minimum absolute atomic E-state index is 0.0819. The molecule has 0 bridgehead atoms. The summed E-state index contributed by atoms with van der Waals surface area (Å²) in [6.07, 6.45) is -5.59. The minimum atomic E-state index is -1.71. The fourth-order valence-electron chi connectivity index (χ4n) is 6.77. The molecular formula is C40H70O14. The Hall–Kier alpha value is -2.05. The molecule has 10 N–H and O–H groups in total. The Labute approximate surface area is 321 Å². The molecule has 16 atom stereocenters. The molecule has 0 aromatic rings. The Balaban J connectivity index is 3.23. The molecule has 0 amide bonds. The minimum Gasteiger partial charge on any atom is -0.454 e. The number of hydrogen-bond acceptors (Lipinski definition) is 14. The van der Waals surface area contributed by atoms with Crippen LogP contribution in [0.1, 0.15) is 82.1 Å². The Kier molecular flexibility index (Phi) is 22.1. The Morgan fingerprint density at radius 3 is 1.76 bits per heavy atom. The molecule has 0 spiro atoms. The molecule has 0 radical (unpaired) electrons. The number of esters is 1. The predicted octanol–water partition coefficient (Wildman–Crippen LogP) is 1.28. The van der Waals surface area contributed by atoms with Gasteiger partial charge in [-0.15, -0.1) is 0 Å². The van der Waals surface area contributed by atoms with Crippen molar-refractivity contribution in [3.05, 3.63) is 46.6 Å². The van der Waals surface area contributed by atoms with Crippen molar-refractivity contribution in [3.63, 3.8) is 0 Å².